The van der Waals surface area contributed by atoms with Crippen LogP contribution in [0.2, 0.25) is 0 Å². The summed E-state index contributed by atoms with van der Waals surface area (Å²) in [6.45, 7) is 0. The van der Waals surface area contributed by atoms with Crippen LogP contribution in [0.15, 0.2) is 30.9 Å². The molecule has 2 aromatic rings. The smallest absolute Gasteiger partial charge is 0.269 e. The summed E-state index contributed by atoms with van der Waals surface area (Å²) < 4.78 is 0. The predicted octanol–water partition coefficient (Wildman–Crippen LogP) is -0.0437. The Labute approximate surface area is 91.6 Å². The highest BCUT2D eigenvalue weighted by Crippen LogP contribution is 2.08. The van der Waals surface area contributed by atoms with Gasteiger partial charge in [-0.3, -0.25) is 4.79 Å². The molecule has 0 aromatic carbocycles. The Morgan fingerprint density at radius 3 is 2.88 bits per heavy atom. The Morgan fingerprint density at radius 2 is 2.19 bits per heavy atom. The van der Waals surface area contributed by atoms with Gasteiger partial charge in [-0.25, -0.2) is 9.97 Å². The van der Waals surface area contributed by atoms with E-state index in [1.165, 1.54) is 12.5 Å². The zero-order valence-corrected chi connectivity index (χ0v) is 8.37. The zero-order chi connectivity index (χ0) is 11.4. The predicted molar refractivity (Wildman–Crippen MR) is 55.4 cm³/mol. The van der Waals surface area contributed by atoms with E-state index in [0.717, 1.165) is 5.69 Å². The average molecular weight is 215 g/mol. The first-order valence-electron chi connectivity index (χ1n) is 4.62. The number of carbonyl (C=O) groups is 1. The van der Waals surface area contributed by atoms with E-state index >= 15 is 0 Å². The molecular formula is C10H9N5O. The topological polar surface area (TPSA) is 94.7 Å². The monoisotopic (exact) mass is 215 g/mol. The Hall–Kier alpha value is -2.37. The van der Waals surface area contributed by atoms with Gasteiger partial charge < -0.3 is 5.73 Å². The van der Waals surface area contributed by atoms with E-state index in [-0.39, 0.29) is 5.69 Å². The quantitative estimate of drug-likeness (QED) is 0.774. The molecule has 6 heteroatoms. The number of nitrogens with zero attached hydrogens (tertiary/aromatic N) is 4. The second-order valence-electron chi connectivity index (χ2n) is 3.15. The number of aromatic nitrogens is 4. The van der Waals surface area contributed by atoms with Crippen LogP contribution in [0.3, 0.4) is 0 Å². The van der Waals surface area contributed by atoms with Crippen LogP contribution in [0.25, 0.3) is 0 Å². The minimum absolute atomic E-state index is 0.182. The standard InChI is InChI=1S/C10H9N5O/c11-10(16)9-7(1-4-14-15-9)5-8-2-3-12-6-13-8/h1-4,6H,5H2,(H2,11,16). The van der Waals surface area contributed by atoms with Gasteiger partial charge in [-0.1, -0.05) is 0 Å². The van der Waals surface area contributed by atoms with Crippen molar-refractivity contribution in [1.29, 1.82) is 0 Å². The number of carbonyl (C=O) groups excluding carboxylic acids is 1. The van der Waals surface area contributed by atoms with Crippen molar-refractivity contribution in [3.63, 3.8) is 0 Å². The highest BCUT2D eigenvalue weighted by atomic mass is 16.1. The lowest BCUT2D eigenvalue weighted by Crippen LogP contribution is -2.17. The fraction of sp³-hybridized carbons (Fsp3) is 0.100. The molecule has 0 atom stereocenters. The molecule has 0 bridgehead atoms. The molecule has 0 aliphatic rings. The maximum absolute atomic E-state index is 11.1. The highest BCUT2D eigenvalue weighted by Gasteiger charge is 2.10. The molecular weight excluding hydrogens is 206 g/mol. The van der Waals surface area contributed by atoms with Crippen LogP contribution in [0.1, 0.15) is 21.7 Å². The van der Waals surface area contributed by atoms with Crippen LogP contribution in [-0.4, -0.2) is 26.1 Å². The van der Waals surface area contributed by atoms with E-state index in [4.69, 9.17) is 5.73 Å². The van der Waals surface area contributed by atoms with Crippen molar-refractivity contribution >= 4 is 5.91 Å². The second kappa shape index (κ2) is 4.43. The maximum atomic E-state index is 11.1. The molecule has 2 aromatic heterocycles. The highest BCUT2D eigenvalue weighted by molar-refractivity contribution is 5.92. The first-order valence-corrected chi connectivity index (χ1v) is 4.62. The normalized spacial score (nSPS) is 10.0. The van der Waals surface area contributed by atoms with Crippen molar-refractivity contribution in [2.45, 2.75) is 6.42 Å². The Morgan fingerprint density at radius 1 is 1.31 bits per heavy atom. The maximum Gasteiger partial charge on any atom is 0.269 e. The summed E-state index contributed by atoms with van der Waals surface area (Å²) >= 11 is 0. The van der Waals surface area contributed by atoms with Crippen molar-refractivity contribution in [2.24, 2.45) is 5.73 Å². The fourth-order valence-corrected chi connectivity index (χ4v) is 1.33. The van der Waals surface area contributed by atoms with E-state index in [1.54, 1.807) is 18.3 Å². The number of amides is 1. The van der Waals surface area contributed by atoms with Crippen molar-refractivity contribution in [3.05, 3.63) is 47.8 Å². The SMILES string of the molecule is NC(=O)c1nnccc1Cc1ccncn1. The Kier molecular flexibility index (Phi) is 2.81. The number of rotatable bonds is 3. The summed E-state index contributed by atoms with van der Waals surface area (Å²) in [6.07, 6.45) is 5.09. The fourth-order valence-electron chi connectivity index (χ4n) is 1.33. The summed E-state index contributed by atoms with van der Waals surface area (Å²) in [7, 11) is 0. The van der Waals surface area contributed by atoms with Gasteiger partial charge in [0.1, 0.15) is 6.33 Å². The lowest BCUT2D eigenvalue weighted by Gasteiger charge is -2.03. The molecule has 0 spiro atoms. The van der Waals surface area contributed by atoms with Crippen LogP contribution in [0.5, 0.6) is 0 Å². The second-order valence-corrected chi connectivity index (χ2v) is 3.15. The molecule has 80 valence electrons. The van der Waals surface area contributed by atoms with Gasteiger partial charge in [0.25, 0.3) is 5.91 Å². The van der Waals surface area contributed by atoms with Gasteiger partial charge >= 0.3 is 0 Å². The average Bonchev–Trinajstić information content (AvgIpc) is 2.31. The number of primary amides is 1. The largest absolute Gasteiger partial charge is 0.364 e. The molecule has 2 N–H and O–H groups in total. The van der Waals surface area contributed by atoms with Crippen molar-refractivity contribution in [3.8, 4) is 0 Å². The molecule has 0 saturated carbocycles. The summed E-state index contributed by atoms with van der Waals surface area (Å²) in [5.74, 6) is -0.586. The molecule has 1 amide bonds. The minimum atomic E-state index is -0.586. The molecule has 2 heterocycles. The van der Waals surface area contributed by atoms with Crippen molar-refractivity contribution in [1.82, 2.24) is 20.2 Å². The van der Waals surface area contributed by atoms with Crippen molar-refractivity contribution in [2.75, 3.05) is 0 Å². The molecule has 6 nitrogen and oxygen atoms in total. The van der Waals surface area contributed by atoms with E-state index in [0.29, 0.717) is 12.0 Å². The summed E-state index contributed by atoms with van der Waals surface area (Å²) in [5.41, 5.74) is 6.88. The van der Waals surface area contributed by atoms with Crippen LogP contribution in [-0.2, 0) is 6.42 Å². The Bertz CT molecular complexity index is 500. The molecule has 0 radical (unpaired) electrons. The molecule has 0 aliphatic heterocycles. The van der Waals surface area contributed by atoms with Crippen molar-refractivity contribution < 1.29 is 4.79 Å². The van der Waals surface area contributed by atoms with Crippen LogP contribution < -0.4 is 5.73 Å². The van der Waals surface area contributed by atoms with E-state index in [1.807, 2.05) is 0 Å². The molecule has 0 unspecified atom stereocenters. The third-order valence-corrected chi connectivity index (χ3v) is 2.05. The molecule has 0 saturated heterocycles. The summed E-state index contributed by atoms with van der Waals surface area (Å²) in [6, 6.07) is 3.47. The minimum Gasteiger partial charge on any atom is -0.364 e. The zero-order valence-electron chi connectivity index (χ0n) is 8.37. The Balaban J connectivity index is 2.31. The third kappa shape index (κ3) is 2.17. The van der Waals surface area contributed by atoms with E-state index < -0.39 is 5.91 Å². The summed E-state index contributed by atoms with van der Waals surface area (Å²) in [4.78, 5) is 19.0. The first-order chi connectivity index (χ1) is 7.77. The number of nitrogens with two attached hydrogens (primary N) is 1. The van der Waals surface area contributed by atoms with Gasteiger partial charge in [0.2, 0.25) is 0 Å². The van der Waals surface area contributed by atoms with Gasteiger partial charge in [-0.15, -0.1) is 5.10 Å². The molecule has 2 rings (SSSR count). The van der Waals surface area contributed by atoms with Gasteiger partial charge in [-0.05, 0) is 17.7 Å². The summed E-state index contributed by atoms with van der Waals surface area (Å²) in [5, 5.41) is 7.33. The number of hydrogen-bond donors (Lipinski definition) is 1. The van der Waals surface area contributed by atoms with Crippen LogP contribution in [0, 0.1) is 0 Å². The van der Waals surface area contributed by atoms with Gasteiger partial charge in [-0.2, -0.15) is 5.10 Å². The molecule has 16 heavy (non-hydrogen) atoms. The van der Waals surface area contributed by atoms with E-state index in [9.17, 15) is 4.79 Å². The first kappa shape index (κ1) is 10.2. The molecule has 0 fully saturated rings. The van der Waals surface area contributed by atoms with Gasteiger partial charge in [0.15, 0.2) is 5.69 Å². The van der Waals surface area contributed by atoms with Crippen LogP contribution >= 0.6 is 0 Å². The van der Waals surface area contributed by atoms with E-state index in [2.05, 4.69) is 20.2 Å². The lowest BCUT2D eigenvalue weighted by atomic mass is 10.1. The third-order valence-electron chi connectivity index (χ3n) is 2.05. The molecule has 0 aliphatic carbocycles. The van der Waals surface area contributed by atoms with Crippen LogP contribution in [0.4, 0.5) is 0 Å². The lowest BCUT2D eigenvalue weighted by molar-refractivity contribution is 0.0993. The van der Waals surface area contributed by atoms with Gasteiger partial charge in [0.05, 0.1) is 0 Å². The number of hydrogen-bond acceptors (Lipinski definition) is 5. The van der Waals surface area contributed by atoms with Gasteiger partial charge in [0, 0.05) is 24.5 Å².